The lowest BCUT2D eigenvalue weighted by molar-refractivity contribution is -0.130. The Bertz CT molecular complexity index is 947. The van der Waals surface area contributed by atoms with E-state index in [4.69, 9.17) is 4.52 Å². The maximum absolute atomic E-state index is 12.7. The molecule has 0 fully saturated rings. The maximum atomic E-state index is 12.7. The Labute approximate surface area is 187 Å². The quantitative estimate of drug-likeness (QED) is 0.404. The fourth-order valence-corrected chi connectivity index (χ4v) is 3.04. The molecule has 0 saturated carbocycles. The van der Waals surface area contributed by atoms with Crippen molar-refractivity contribution in [3.8, 4) is 0 Å². The Morgan fingerprint density at radius 1 is 1.06 bits per heavy atom. The van der Waals surface area contributed by atoms with Crippen LogP contribution in [-0.2, 0) is 9.59 Å². The minimum absolute atomic E-state index is 0.113. The van der Waals surface area contributed by atoms with Crippen LogP contribution in [0.25, 0.3) is 0 Å². The molecule has 172 valence electrons. The molecule has 0 radical (unpaired) electrons. The van der Waals surface area contributed by atoms with Crippen LogP contribution in [0.4, 0.5) is 0 Å². The lowest BCUT2D eigenvalue weighted by Crippen LogP contribution is -2.43. The molecular weight excluding hydrogens is 412 g/mol. The summed E-state index contributed by atoms with van der Waals surface area (Å²) in [5.74, 6) is -1.63. The minimum Gasteiger partial charge on any atom is -0.361 e. The molecule has 9 nitrogen and oxygen atoms in total. The number of aryl methyl sites for hydroxylation is 1. The predicted octanol–water partition coefficient (Wildman–Crippen LogP) is 2.65. The average Bonchev–Trinajstić information content (AvgIpc) is 3.16. The van der Waals surface area contributed by atoms with Crippen molar-refractivity contribution in [3.63, 3.8) is 0 Å². The molecule has 2 heterocycles. The zero-order chi connectivity index (χ0) is 23.7. The van der Waals surface area contributed by atoms with Crippen molar-refractivity contribution in [2.75, 3.05) is 6.54 Å². The lowest BCUT2D eigenvalue weighted by Gasteiger charge is -2.22. The first-order valence-corrected chi connectivity index (χ1v) is 10.5. The van der Waals surface area contributed by atoms with Crippen LogP contribution in [0.2, 0.25) is 0 Å². The predicted molar refractivity (Wildman–Crippen MR) is 117 cm³/mol. The van der Waals surface area contributed by atoms with Crippen LogP contribution in [0.1, 0.15) is 73.2 Å². The number of carbonyl (C=O) groups is 4. The van der Waals surface area contributed by atoms with Crippen LogP contribution in [0, 0.1) is 12.8 Å². The third-order valence-electron chi connectivity index (χ3n) is 4.49. The first kappa shape index (κ1) is 24.9. The van der Waals surface area contributed by atoms with Crippen molar-refractivity contribution in [1.82, 2.24) is 20.8 Å². The summed E-state index contributed by atoms with van der Waals surface area (Å²) in [4.78, 5) is 53.8. The van der Waals surface area contributed by atoms with Gasteiger partial charge >= 0.3 is 0 Å². The minimum atomic E-state index is -0.867. The molecule has 2 aromatic heterocycles. The van der Waals surface area contributed by atoms with Crippen molar-refractivity contribution in [2.45, 2.75) is 58.9 Å². The molecule has 2 N–H and O–H groups in total. The van der Waals surface area contributed by atoms with Crippen LogP contribution in [-0.4, -0.2) is 45.6 Å². The Kier molecular flexibility index (Phi) is 8.80. The number of carbonyl (C=O) groups excluding carboxylic acids is 4. The van der Waals surface area contributed by atoms with Gasteiger partial charge in [-0.3, -0.25) is 24.2 Å². The number of amides is 2. The molecule has 0 aliphatic heterocycles. The molecule has 0 bridgehead atoms. The topological polar surface area (TPSA) is 131 Å². The summed E-state index contributed by atoms with van der Waals surface area (Å²) < 4.78 is 4.93. The molecule has 2 aromatic rings. The Morgan fingerprint density at radius 2 is 1.81 bits per heavy atom. The van der Waals surface area contributed by atoms with Crippen molar-refractivity contribution in [2.24, 2.45) is 5.92 Å². The van der Waals surface area contributed by atoms with Crippen molar-refractivity contribution in [1.29, 1.82) is 0 Å². The number of hydrogen-bond donors (Lipinski definition) is 2. The fourth-order valence-electron chi connectivity index (χ4n) is 3.04. The maximum Gasteiger partial charge on any atom is 0.224 e. The molecule has 0 saturated heterocycles. The molecule has 0 aliphatic carbocycles. The van der Waals surface area contributed by atoms with E-state index in [1.165, 1.54) is 6.07 Å². The van der Waals surface area contributed by atoms with Crippen LogP contribution >= 0.6 is 0 Å². The Balaban J connectivity index is 1.93. The summed E-state index contributed by atoms with van der Waals surface area (Å²) in [6.07, 6.45) is 1.87. The average molecular weight is 443 g/mol. The second kappa shape index (κ2) is 11.3. The van der Waals surface area contributed by atoms with E-state index in [1.54, 1.807) is 31.3 Å². The van der Waals surface area contributed by atoms with Gasteiger partial charge in [-0.25, -0.2) is 0 Å². The van der Waals surface area contributed by atoms with E-state index in [-0.39, 0.29) is 49.0 Å². The lowest BCUT2D eigenvalue weighted by atomic mass is 9.95. The van der Waals surface area contributed by atoms with Gasteiger partial charge in [-0.1, -0.05) is 11.2 Å². The number of aromatic nitrogens is 2. The third kappa shape index (κ3) is 8.41. The van der Waals surface area contributed by atoms with Crippen molar-refractivity contribution < 1.29 is 23.7 Å². The largest absolute Gasteiger partial charge is 0.361 e. The second-order valence-electron chi connectivity index (χ2n) is 8.68. The molecule has 0 aliphatic rings. The van der Waals surface area contributed by atoms with Gasteiger partial charge in [0.1, 0.15) is 17.1 Å². The van der Waals surface area contributed by atoms with Gasteiger partial charge in [0.25, 0.3) is 0 Å². The normalized spacial score (nSPS) is 12.1. The number of nitrogens with one attached hydrogen (secondary N) is 2. The van der Waals surface area contributed by atoms with E-state index in [1.807, 2.05) is 20.8 Å². The van der Waals surface area contributed by atoms with Gasteiger partial charge in [-0.05, 0) is 46.2 Å². The molecule has 2 rings (SSSR count). The van der Waals surface area contributed by atoms with Gasteiger partial charge in [0.15, 0.2) is 11.6 Å². The first-order chi connectivity index (χ1) is 15.0. The van der Waals surface area contributed by atoms with Crippen LogP contribution in [0.3, 0.4) is 0 Å². The Morgan fingerprint density at radius 3 is 2.41 bits per heavy atom. The third-order valence-corrected chi connectivity index (χ3v) is 4.49. The summed E-state index contributed by atoms with van der Waals surface area (Å²) in [6, 6.07) is 6.61. The van der Waals surface area contributed by atoms with E-state index in [2.05, 4.69) is 20.8 Å². The SMILES string of the molecule is Cc1cc(C(=O)C[C@@H](CC(=O)NC(C)(C)C)C(=O)NCCCC(=O)c2ccccn2)no1. The smallest absolute Gasteiger partial charge is 0.224 e. The number of rotatable bonds is 11. The van der Waals surface area contributed by atoms with Gasteiger partial charge in [-0.2, -0.15) is 0 Å². The number of Topliss-reactive ketones (excluding diaryl/α,β-unsaturated/α-hetero) is 2. The zero-order valence-corrected chi connectivity index (χ0v) is 18.9. The van der Waals surface area contributed by atoms with E-state index in [0.717, 1.165) is 0 Å². The highest BCUT2D eigenvalue weighted by atomic mass is 16.5. The van der Waals surface area contributed by atoms with E-state index < -0.39 is 17.4 Å². The van der Waals surface area contributed by atoms with E-state index >= 15 is 0 Å². The van der Waals surface area contributed by atoms with Crippen molar-refractivity contribution in [3.05, 3.63) is 47.6 Å². The van der Waals surface area contributed by atoms with Crippen LogP contribution in [0.5, 0.6) is 0 Å². The van der Waals surface area contributed by atoms with Gasteiger partial charge < -0.3 is 15.2 Å². The van der Waals surface area contributed by atoms with Crippen molar-refractivity contribution >= 4 is 23.4 Å². The number of pyridine rings is 1. The molecular formula is C23H30N4O5. The highest BCUT2D eigenvalue weighted by Crippen LogP contribution is 2.16. The van der Waals surface area contributed by atoms with Gasteiger partial charge in [0, 0.05) is 43.6 Å². The van der Waals surface area contributed by atoms with Gasteiger partial charge in [-0.15, -0.1) is 0 Å². The van der Waals surface area contributed by atoms with Gasteiger partial charge in [0.05, 0.1) is 5.92 Å². The summed E-state index contributed by atoms with van der Waals surface area (Å²) in [7, 11) is 0. The van der Waals surface area contributed by atoms with E-state index in [9.17, 15) is 19.2 Å². The molecule has 1 atom stereocenters. The fraction of sp³-hybridized carbons (Fsp3) is 0.478. The highest BCUT2D eigenvalue weighted by molar-refractivity contribution is 5.98. The molecule has 9 heteroatoms. The number of nitrogens with zero attached hydrogens (tertiary/aromatic N) is 2. The second-order valence-corrected chi connectivity index (χ2v) is 8.68. The van der Waals surface area contributed by atoms with Crippen LogP contribution in [0.15, 0.2) is 35.0 Å². The number of ketones is 2. The Hall–Kier alpha value is -3.36. The number of hydrogen-bond acceptors (Lipinski definition) is 7. The van der Waals surface area contributed by atoms with Crippen LogP contribution < -0.4 is 10.6 Å². The summed E-state index contributed by atoms with van der Waals surface area (Å²) in [6.45, 7) is 7.41. The molecule has 0 spiro atoms. The summed E-state index contributed by atoms with van der Waals surface area (Å²) >= 11 is 0. The molecule has 0 unspecified atom stereocenters. The molecule has 32 heavy (non-hydrogen) atoms. The molecule has 2 amide bonds. The summed E-state index contributed by atoms with van der Waals surface area (Å²) in [5.41, 5.74) is 0.0403. The standard InChI is InChI=1S/C23H30N4O5/c1-15-12-18(27-32-15)20(29)13-16(14-21(30)26-23(2,3)4)22(31)25-11-7-9-19(28)17-8-5-6-10-24-17/h5-6,8,10,12,16H,7,9,11,13-14H2,1-4H3,(H,25,31)(H,26,30)/t16-/m0/s1. The van der Waals surface area contributed by atoms with E-state index in [0.29, 0.717) is 17.9 Å². The monoisotopic (exact) mass is 442 g/mol. The highest BCUT2D eigenvalue weighted by Gasteiger charge is 2.27. The zero-order valence-electron chi connectivity index (χ0n) is 18.9. The summed E-state index contributed by atoms with van der Waals surface area (Å²) in [5, 5.41) is 9.23. The molecule has 0 aromatic carbocycles. The first-order valence-electron chi connectivity index (χ1n) is 10.5. The van der Waals surface area contributed by atoms with Gasteiger partial charge in [0.2, 0.25) is 11.8 Å².